The second-order valence-electron chi connectivity index (χ2n) is 10.2. The minimum Gasteiger partial charge on any atom is -0.492 e. The number of ether oxygens (including phenoxy) is 2. The van der Waals surface area contributed by atoms with Crippen LogP contribution in [0.15, 0.2) is 73.3 Å². The number of aryl methyl sites for hydroxylation is 1. The van der Waals surface area contributed by atoms with Crippen molar-refractivity contribution in [2.45, 2.75) is 46.3 Å². The molecule has 198 valence electrons. The quantitative estimate of drug-likeness (QED) is 0.372. The van der Waals surface area contributed by atoms with Gasteiger partial charge in [0.2, 0.25) is 0 Å². The van der Waals surface area contributed by atoms with E-state index in [0.29, 0.717) is 30.3 Å². The van der Waals surface area contributed by atoms with Crippen LogP contribution in [0.4, 0.5) is 16.2 Å². The zero-order valence-electron chi connectivity index (χ0n) is 22.6. The Kier molecular flexibility index (Phi) is 7.76. The molecule has 0 saturated heterocycles. The molecule has 1 aliphatic rings. The number of fused-ring (bicyclic) bond motifs is 1. The van der Waals surface area contributed by atoms with E-state index in [9.17, 15) is 9.59 Å². The lowest BCUT2D eigenvalue weighted by atomic mass is 9.92. The topological polar surface area (TPSA) is 79.9 Å². The number of anilines is 2. The van der Waals surface area contributed by atoms with Gasteiger partial charge in [0.15, 0.2) is 6.10 Å². The van der Waals surface area contributed by atoms with Crippen molar-refractivity contribution in [2.75, 3.05) is 23.4 Å². The average molecular weight is 514 g/mol. The molecule has 1 heterocycles. The van der Waals surface area contributed by atoms with Crippen LogP contribution >= 0.6 is 0 Å². The van der Waals surface area contributed by atoms with E-state index in [1.165, 1.54) is 0 Å². The van der Waals surface area contributed by atoms with E-state index in [0.717, 1.165) is 28.0 Å². The number of amides is 3. The molecule has 0 fully saturated rings. The molecule has 1 aliphatic heterocycles. The highest BCUT2D eigenvalue weighted by atomic mass is 16.5. The van der Waals surface area contributed by atoms with Crippen molar-refractivity contribution >= 4 is 28.9 Å². The average Bonchev–Trinajstić information content (AvgIpc) is 2.87. The van der Waals surface area contributed by atoms with Crippen LogP contribution in [-0.2, 0) is 10.3 Å². The van der Waals surface area contributed by atoms with Gasteiger partial charge in [-0.25, -0.2) is 4.79 Å². The number of carbonyl (C=O) groups excluding carboxylic acids is 2. The largest absolute Gasteiger partial charge is 0.492 e. The Bertz CT molecular complexity index is 1350. The molecule has 0 aliphatic carbocycles. The predicted molar refractivity (Wildman–Crippen MR) is 152 cm³/mol. The summed E-state index contributed by atoms with van der Waals surface area (Å²) in [5.41, 5.74) is 4.61. The summed E-state index contributed by atoms with van der Waals surface area (Å²) in [6.45, 7) is 14.3. The molecule has 4 rings (SSSR count). The Balaban J connectivity index is 1.46. The van der Waals surface area contributed by atoms with Gasteiger partial charge in [-0.05, 0) is 82.1 Å². The minimum absolute atomic E-state index is 0.162. The Morgan fingerprint density at radius 2 is 1.84 bits per heavy atom. The smallest absolute Gasteiger partial charge is 0.319 e. The van der Waals surface area contributed by atoms with E-state index < -0.39 is 11.6 Å². The number of hydrogen-bond donors (Lipinski definition) is 2. The fraction of sp³-hybridized carbons (Fsp3) is 0.290. The third-order valence-electron chi connectivity index (χ3n) is 6.53. The molecule has 1 unspecified atom stereocenters. The number of hydrogen-bond acceptors (Lipinski definition) is 4. The summed E-state index contributed by atoms with van der Waals surface area (Å²) in [5, 5.41) is 5.94. The van der Waals surface area contributed by atoms with Gasteiger partial charge in [0.05, 0.1) is 17.8 Å². The molecule has 38 heavy (non-hydrogen) atoms. The van der Waals surface area contributed by atoms with Gasteiger partial charge in [-0.3, -0.25) is 4.79 Å². The predicted octanol–water partition coefficient (Wildman–Crippen LogP) is 6.28. The Morgan fingerprint density at radius 1 is 1.11 bits per heavy atom. The summed E-state index contributed by atoms with van der Waals surface area (Å²) in [6, 6.07) is 20.7. The number of urea groups is 1. The van der Waals surface area contributed by atoms with Gasteiger partial charge in [-0.2, -0.15) is 0 Å². The molecule has 0 bridgehead atoms. The van der Waals surface area contributed by atoms with Crippen molar-refractivity contribution in [1.82, 2.24) is 5.32 Å². The lowest BCUT2D eigenvalue weighted by Gasteiger charge is -2.33. The molecule has 0 aromatic heterocycles. The maximum Gasteiger partial charge on any atom is 0.319 e. The zero-order chi connectivity index (χ0) is 27.4. The van der Waals surface area contributed by atoms with Crippen molar-refractivity contribution in [3.63, 3.8) is 0 Å². The normalized spacial score (nSPS) is 14.8. The molecule has 3 amide bonds. The standard InChI is InChI=1S/C31H35N3O4/c1-20(2)23-8-7-9-24(18-23)31(5,6)33-30(36)32-25-12-15-28-27(19-25)34(29(35)22(4)38-28)16-17-37-26-13-10-21(3)11-14-26/h7-15,18-19,22H,1,16-17H2,2-6H3,(H2,32,33,36). The lowest BCUT2D eigenvalue weighted by Crippen LogP contribution is -2.46. The lowest BCUT2D eigenvalue weighted by molar-refractivity contribution is -0.125. The van der Waals surface area contributed by atoms with Crippen LogP contribution < -0.4 is 25.0 Å². The van der Waals surface area contributed by atoms with Crippen LogP contribution in [0.1, 0.15) is 44.4 Å². The maximum atomic E-state index is 13.0. The van der Waals surface area contributed by atoms with E-state index in [1.54, 1.807) is 30.0 Å². The highest BCUT2D eigenvalue weighted by Crippen LogP contribution is 2.36. The summed E-state index contributed by atoms with van der Waals surface area (Å²) in [5.74, 6) is 1.16. The van der Waals surface area contributed by atoms with Crippen LogP contribution in [0.5, 0.6) is 11.5 Å². The number of rotatable bonds is 8. The molecule has 7 heteroatoms. The third-order valence-corrected chi connectivity index (χ3v) is 6.53. The molecule has 0 radical (unpaired) electrons. The van der Waals surface area contributed by atoms with Crippen LogP contribution in [0, 0.1) is 6.92 Å². The van der Waals surface area contributed by atoms with Crippen molar-refractivity contribution in [3.05, 3.63) is 90.0 Å². The van der Waals surface area contributed by atoms with Crippen LogP contribution in [0.25, 0.3) is 5.57 Å². The van der Waals surface area contributed by atoms with Crippen molar-refractivity contribution < 1.29 is 19.1 Å². The van der Waals surface area contributed by atoms with E-state index >= 15 is 0 Å². The number of carbonyl (C=O) groups is 2. The molecule has 3 aromatic carbocycles. The van der Waals surface area contributed by atoms with Crippen molar-refractivity contribution in [1.29, 1.82) is 0 Å². The Labute approximate surface area is 224 Å². The number of benzene rings is 3. The molecule has 0 spiro atoms. The number of allylic oxidation sites excluding steroid dienone is 1. The first kappa shape index (κ1) is 26.8. The Hall–Kier alpha value is -4.26. The highest BCUT2D eigenvalue weighted by molar-refractivity contribution is 6.01. The highest BCUT2D eigenvalue weighted by Gasteiger charge is 2.32. The molecule has 0 saturated carbocycles. The summed E-state index contributed by atoms with van der Waals surface area (Å²) in [6.07, 6.45) is -0.611. The van der Waals surface area contributed by atoms with Crippen LogP contribution in [-0.4, -0.2) is 31.2 Å². The first-order chi connectivity index (χ1) is 18.0. The first-order valence-electron chi connectivity index (χ1n) is 12.7. The summed E-state index contributed by atoms with van der Waals surface area (Å²) < 4.78 is 11.7. The van der Waals surface area contributed by atoms with E-state index in [-0.39, 0.29) is 11.9 Å². The molecule has 2 N–H and O–H groups in total. The van der Waals surface area contributed by atoms with Crippen LogP contribution in [0.3, 0.4) is 0 Å². The van der Waals surface area contributed by atoms with Gasteiger partial charge < -0.3 is 25.0 Å². The molecule has 7 nitrogen and oxygen atoms in total. The number of nitrogens with zero attached hydrogens (tertiary/aromatic N) is 1. The molecule has 3 aromatic rings. The van der Waals surface area contributed by atoms with E-state index in [2.05, 4.69) is 17.2 Å². The molecular weight excluding hydrogens is 478 g/mol. The third kappa shape index (κ3) is 6.17. The number of nitrogens with one attached hydrogen (secondary N) is 2. The second-order valence-corrected chi connectivity index (χ2v) is 10.2. The minimum atomic E-state index is -0.627. The van der Waals surface area contributed by atoms with Crippen molar-refractivity contribution in [2.24, 2.45) is 0 Å². The van der Waals surface area contributed by atoms with Crippen LogP contribution in [0.2, 0.25) is 0 Å². The first-order valence-corrected chi connectivity index (χ1v) is 12.7. The van der Waals surface area contributed by atoms with E-state index in [4.69, 9.17) is 9.47 Å². The van der Waals surface area contributed by atoms with E-state index in [1.807, 2.05) is 76.2 Å². The summed E-state index contributed by atoms with van der Waals surface area (Å²) in [4.78, 5) is 27.6. The van der Waals surface area contributed by atoms with Gasteiger partial charge >= 0.3 is 6.03 Å². The monoisotopic (exact) mass is 513 g/mol. The fourth-order valence-corrected chi connectivity index (χ4v) is 4.30. The second kappa shape index (κ2) is 11.0. The maximum absolute atomic E-state index is 13.0. The van der Waals surface area contributed by atoms with Gasteiger partial charge in [-0.15, -0.1) is 0 Å². The Morgan fingerprint density at radius 3 is 2.55 bits per heavy atom. The van der Waals surface area contributed by atoms with Gasteiger partial charge in [0.25, 0.3) is 5.91 Å². The SMILES string of the molecule is C=C(C)c1cccc(C(C)(C)NC(=O)Nc2ccc3c(c2)N(CCOc2ccc(C)cc2)C(=O)C(C)O3)c1. The van der Waals surface area contributed by atoms with Gasteiger partial charge in [-0.1, -0.05) is 48.0 Å². The fourth-order valence-electron chi connectivity index (χ4n) is 4.30. The van der Waals surface area contributed by atoms with Gasteiger partial charge in [0, 0.05) is 5.69 Å². The molecular formula is C31H35N3O4. The van der Waals surface area contributed by atoms with Gasteiger partial charge in [0.1, 0.15) is 18.1 Å². The molecule has 1 atom stereocenters. The van der Waals surface area contributed by atoms with Crippen molar-refractivity contribution in [3.8, 4) is 11.5 Å². The summed E-state index contributed by atoms with van der Waals surface area (Å²) in [7, 11) is 0. The zero-order valence-corrected chi connectivity index (χ0v) is 22.6. The summed E-state index contributed by atoms with van der Waals surface area (Å²) >= 11 is 0.